The van der Waals surface area contributed by atoms with Gasteiger partial charge >= 0.3 is 0 Å². The first-order valence-corrected chi connectivity index (χ1v) is 8.21. The smallest absolute Gasteiger partial charge is 0.201 e. The van der Waals surface area contributed by atoms with Gasteiger partial charge in [0.25, 0.3) is 0 Å². The topological polar surface area (TPSA) is 53.1 Å². The van der Waals surface area contributed by atoms with Crippen LogP contribution >= 0.6 is 0 Å². The molecule has 0 saturated carbocycles. The zero-order chi connectivity index (χ0) is 16.1. The van der Waals surface area contributed by atoms with Crippen LogP contribution in [0.1, 0.15) is 31.7 Å². The van der Waals surface area contributed by atoms with E-state index in [1.807, 2.05) is 30.3 Å². The Morgan fingerprint density at radius 3 is 2.65 bits per heavy atom. The number of fused-ring (bicyclic) bond motifs is 1. The highest BCUT2D eigenvalue weighted by Gasteiger charge is 2.12. The lowest BCUT2D eigenvalue weighted by molar-refractivity contribution is 0.309. The number of para-hydroxylation sites is 1. The summed E-state index contributed by atoms with van der Waals surface area (Å²) in [5.74, 6) is 1.35. The predicted octanol–water partition coefficient (Wildman–Crippen LogP) is 4.39. The Kier molecular flexibility index (Phi) is 4.81. The fourth-order valence-electron chi connectivity index (χ4n) is 2.75. The summed E-state index contributed by atoms with van der Waals surface area (Å²) in [4.78, 5) is 4.52. The van der Waals surface area contributed by atoms with E-state index in [0.717, 1.165) is 35.3 Å². The molecule has 1 heterocycles. The van der Waals surface area contributed by atoms with E-state index in [1.54, 1.807) is 0 Å². The van der Waals surface area contributed by atoms with E-state index in [1.165, 1.54) is 12.8 Å². The normalized spacial score (nSPS) is 11.0. The molecule has 0 bridgehead atoms. The molecule has 23 heavy (non-hydrogen) atoms. The molecule has 0 amide bonds. The summed E-state index contributed by atoms with van der Waals surface area (Å²) in [6.45, 7) is 3.63. The van der Waals surface area contributed by atoms with Crippen molar-refractivity contribution >= 4 is 17.0 Å². The molecule has 3 aromatic rings. The number of hydrogen-bond donors (Lipinski definition) is 1. The van der Waals surface area contributed by atoms with Gasteiger partial charge < -0.3 is 15.0 Å². The molecule has 0 spiro atoms. The molecule has 2 N–H and O–H groups in total. The zero-order valence-corrected chi connectivity index (χ0v) is 13.5. The van der Waals surface area contributed by atoms with Gasteiger partial charge in [-0.05, 0) is 24.1 Å². The van der Waals surface area contributed by atoms with Crippen LogP contribution in [0.2, 0.25) is 0 Å². The van der Waals surface area contributed by atoms with E-state index in [9.17, 15) is 0 Å². The van der Waals surface area contributed by atoms with Gasteiger partial charge in [0, 0.05) is 6.54 Å². The van der Waals surface area contributed by atoms with E-state index in [2.05, 4.69) is 34.7 Å². The summed E-state index contributed by atoms with van der Waals surface area (Å²) < 4.78 is 8.05. The second-order valence-electron chi connectivity index (χ2n) is 5.73. The number of anilines is 1. The Bertz CT molecular complexity index is 765. The first-order chi connectivity index (χ1) is 11.3. The van der Waals surface area contributed by atoms with Crippen LogP contribution in [0.3, 0.4) is 0 Å². The molecule has 4 heteroatoms. The molecule has 1 aromatic heterocycles. The molecular weight excluding hydrogens is 286 g/mol. The molecule has 0 atom stereocenters. The third kappa shape index (κ3) is 3.47. The number of benzene rings is 2. The fraction of sp³-hybridized carbons (Fsp3) is 0.316. The van der Waals surface area contributed by atoms with Crippen molar-refractivity contribution < 1.29 is 4.74 Å². The average Bonchev–Trinajstić information content (AvgIpc) is 2.90. The van der Waals surface area contributed by atoms with Crippen molar-refractivity contribution in [3.05, 3.63) is 54.1 Å². The first-order valence-electron chi connectivity index (χ1n) is 8.21. The van der Waals surface area contributed by atoms with Crippen LogP contribution in [-0.2, 0) is 13.2 Å². The summed E-state index contributed by atoms with van der Waals surface area (Å²) in [6.07, 6.45) is 3.50. The van der Waals surface area contributed by atoms with E-state index in [0.29, 0.717) is 12.6 Å². The number of aryl methyl sites for hydroxylation is 1. The Balaban J connectivity index is 1.82. The van der Waals surface area contributed by atoms with Gasteiger partial charge in [0.05, 0.1) is 5.52 Å². The minimum absolute atomic E-state index is 0.530. The molecule has 0 aliphatic heterocycles. The molecular formula is C19H23N3O. The van der Waals surface area contributed by atoms with Crippen LogP contribution < -0.4 is 10.5 Å². The molecule has 4 nitrogen and oxygen atoms in total. The Morgan fingerprint density at radius 1 is 1.04 bits per heavy atom. The van der Waals surface area contributed by atoms with Crippen molar-refractivity contribution in [2.75, 3.05) is 5.73 Å². The minimum atomic E-state index is 0.530. The first kappa shape index (κ1) is 15.4. The number of aromatic nitrogens is 2. The largest absolute Gasteiger partial charge is 0.487 e. The third-order valence-electron chi connectivity index (χ3n) is 3.99. The number of nitrogens with zero attached hydrogens (tertiary/aromatic N) is 2. The van der Waals surface area contributed by atoms with Crippen molar-refractivity contribution in [3.8, 4) is 5.75 Å². The molecule has 0 radical (unpaired) electrons. The van der Waals surface area contributed by atoms with Crippen LogP contribution in [0.4, 0.5) is 5.95 Å². The summed E-state index contributed by atoms with van der Waals surface area (Å²) in [6, 6.07) is 16.1. The molecule has 2 aromatic carbocycles. The molecule has 0 aliphatic carbocycles. The van der Waals surface area contributed by atoms with Crippen LogP contribution in [0.25, 0.3) is 11.0 Å². The van der Waals surface area contributed by atoms with E-state index < -0.39 is 0 Å². The molecule has 0 unspecified atom stereocenters. The lowest BCUT2D eigenvalue weighted by Crippen LogP contribution is -2.03. The van der Waals surface area contributed by atoms with Gasteiger partial charge in [-0.25, -0.2) is 4.98 Å². The van der Waals surface area contributed by atoms with Crippen LogP contribution in [-0.4, -0.2) is 9.55 Å². The molecule has 120 valence electrons. The number of hydrogen-bond acceptors (Lipinski definition) is 3. The van der Waals surface area contributed by atoms with E-state index >= 15 is 0 Å². The highest BCUT2D eigenvalue weighted by atomic mass is 16.5. The van der Waals surface area contributed by atoms with Gasteiger partial charge in [-0.3, -0.25) is 0 Å². The summed E-state index contributed by atoms with van der Waals surface area (Å²) in [5.41, 5.74) is 9.14. The number of nitrogens with two attached hydrogens (primary N) is 1. The molecule has 3 rings (SSSR count). The minimum Gasteiger partial charge on any atom is -0.487 e. The lowest BCUT2D eigenvalue weighted by atomic mass is 10.2. The van der Waals surface area contributed by atoms with E-state index in [-0.39, 0.29) is 0 Å². The van der Waals surface area contributed by atoms with Crippen molar-refractivity contribution in [3.63, 3.8) is 0 Å². The highest BCUT2D eigenvalue weighted by Crippen LogP contribution is 2.28. The number of imidazole rings is 1. The number of rotatable bonds is 7. The van der Waals surface area contributed by atoms with Crippen molar-refractivity contribution in [1.82, 2.24) is 9.55 Å². The Morgan fingerprint density at radius 2 is 1.87 bits per heavy atom. The maximum atomic E-state index is 6.11. The van der Waals surface area contributed by atoms with Gasteiger partial charge in [0.15, 0.2) is 0 Å². The zero-order valence-electron chi connectivity index (χ0n) is 13.5. The molecule has 0 fully saturated rings. The van der Waals surface area contributed by atoms with Gasteiger partial charge in [-0.2, -0.15) is 0 Å². The second-order valence-corrected chi connectivity index (χ2v) is 5.73. The highest BCUT2D eigenvalue weighted by molar-refractivity contribution is 5.84. The van der Waals surface area contributed by atoms with Crippen molar-refractivity contribution in [1.29, 1.82) is 0 Å². The van der Waals surface area contributed by atoms with Crippen LogP contribution in [0.5, 0.6) is 5.75 Å². The summed E-state index contributed by atoms with van der Waals surface area (Å²) in [7, 11) is 0. The Hall–Kier alpha value is -2.49. The molecule has 0 saturated heterocycles. The van der Waals surface area contributed by atoms with Gasteiger partial charge in [-0.1, -0.05) is 56.2 Å². The van der Waals surface area contributed by atoms with Gasteiger partial charge in [0.2, 0.25) is 5.95 Å². The maximum Gasteiger partial charge on any atom is 0.201 e. The van der Waals surface area contributed by atoms with Crippen molar-refractivity contribution in [2.45, 2.75) is 39.3 Å². The monoisotopic (exact) mass is 309 g/mol. The number of unbranched alkanes of at least 4 members (excludes halogenated alkanes) is 2. The quantitative estimate of drug-likeness (QED) is 0.659. The van der Waals surface area contributed by atoms with Gasteiger partial charge in [-0.15, -0.1) is 0 Å². The number of ether oxygens (including phenoxy) is 1. The van der Waals surface area contributed by atoms with Gasteiger partial charge in [0.1, 0.15) is 17.9 Å². The van der Waals surface area contributed by atoms with Crippen LogP contribution in [0, 0.1) is 0 Å². The van der Waals surface area contributed by atoms with Crippen molar-refractivity contribution in [2.24, 2.45) is 0 Å². The SMILES string of the molecule is CCCCCn1c(N)nc2c(OCc3ccccc3)cccc21. The Labute approximate surface area is 136 Å². The van der Waals surface area contributed by atoms with Crippen LogP contribution in [0.15, 0.2) is 48.5 Å². The molecule has 0 aliphatic rings. The second kappa shape index (κ2) is 7.18. The fourth-order valence-corrected chi connectivity index (χ4v) is 2.75. The summed E-state index contributed by atoms with van der Waals surface area (Å²) >= 11 is 0. The predicted molar refractivity (Wildman–Crippen MR) is 94.4 cm³/mol. The lowest BCUT2D eigenvalue weighted by Gasteiger charge is -2.08. The van der Waals surface area contributed by atoms with E-state index in [4.69, 9.17) is 10.5 Å². The summed E-state index contributed by atoms with van der Waals surface area (Å²) in [5, 5.41) is 0. The number of nitrogen functional groups attached to an aromatic ring is 1. The average molecular weight is 309 g/mol. The third-order valence-corrected chi connectivity index (χ3v) is 3.99. The maximum absolute atomic E-state index is 6.11. The standard InChI is InChI=1S/C19H23N3O/c1-2-3-7-13-22-16-11-8-12-17(18(16)21-19(22)20)23-14-15-9-5-4-6-10-15/h4-6,8-12H,2-3,7,13-14H2,1H3,(H2,20,21).